The number of carbonyl (C=O) groups is 1. The summed E-state index contributed by atoms with van der Waals surface area (Å²) in [5.41, 5.74) is 8.52. The molecule has 0 fully saturated rings. The molecule has 4 rings (SSSR count). The number of nitrogens with two attached hydrogens (primary N) is 1. The Balaban J connectivity index is 1.78. The summed E-state index contributed by atoms with van der Waals surface area (Å²) in [6.45, 7) is 1.92. The number of amides is 1. The van der Waals surface area contributed by atoms with Crippen LogP contribution >= 0.6 is 23.1 Å². The third-order valence-corrected chi connectivity index (χ3v) is 7.56. The molecule has 2 heterocycles. The average Bonchev–Trinajstić information content (AvgIpc) is 3.43. The van der Waals surface area contributed by atoms with Crippen molar-refractivity contribution in [2.75, 3.05) is 10.6 Å². The normalized spacial score (nSPS) is 11.3. The van der Waals surface area contributed by atoms with Gasteiger partial charge in [0.15, 0.2) is 0 Å². The van der Waals surface area contributed by atoms with E-state index in [1.807, 2.05) is 85.1 Å². The highest BCUT2D eigenvalue weighted by molar-refractivity contribution is 8.00. The third kappa shape index (κ3) is 4.90. The van der Waals surface area contributed by atoms with Gasteiger partial charge in [0.2, 0.25) is 5.91 Å². The smallest absolute Gasteiger partial charge is 0.245 e. The summed E-state index contributed by atoms with van der Waals surface area (Å²) in [5, 5.41) is 21.4. The summed E-state index contributed by atoms with van der Waals surface area (Å²) >= 11 is 2.61. The molecule has 172 valence electrons. The number of nitriles is 2. The van der Waals surface area contributed by atoms with Crippen LogP contribution in [0.4, 0.5) is 17.2 Å². The van der Waals surface area contributed by atoms with E-state index in [9.17, 15) is 15.3 Å². The highest BCUT2D eigenvalue weighted by atomic mass is 32.2. The first kappa shape index (κ1) is 24.0. The largest absolute Gasteiger partial charge is 0.383 e. The summed E-state index contributed by atoms with van der Waals surface area (Å²) in [4.78, 5) is 20.7. The predicted molar refractivity (Wildman–Crippen MR) is 141 cm³/mol. The Kier molecular flexibility index (Phi) is 7.47. The van der Waals surface area contributed by atoms with Crippen LogP contribution in [0.1, 0.15) is 24.5 Å². The van der Waals surface area contributed by atoms with Gasteiger partial charge in [-0.25, -0.2) is 4.98 Å². The number of thioether (sulfide) groups is 1. The Morgan fingerprint density at radius 2 is 1.60 bits per heavy atom. The van der Waals surface area contributed by atoms with E-state index in [-0.39, 0.29) is 22.9 Å². The molecular formula is C27H21N5OS2. The number of aromatic nitrogens is 1. The lowest BCUT2D eigenvalue weighted by Crippen LogP contribution is -2.34. The van der Waals surface area contributed by atoms with E-state index in [1.54, 1.807) is 4.90 Å². The minimum atomic E-state index is -0.543. The van der Waals surface area contributed by atoms with Crippen molar-refractivity contribution in [3.8, 4) is 22.6 Å². The average molecular weight is 496 g/mol. The summed E-state index contributed by atoms with van der Waals surface area (Å²) < 4.78 is 0. The van der Waals surface area contributed by atoms with E-state index in [0.717, 1.165) is 16.3 Å². The quantitative estimate of drug-likeness (QED) is 0.299. The van der Waals surface area contributed by atoms with Crippen LogP contribution < -0.4 is 10.6 Å². The molecule has 2 aromatic heterocycles. The number of thiophene rings is 1. The zero-order chi connectivity index (χ0) is 24.8. The molecule has 6 nitrogen and oxygen atoms in total. The van der Waals surface area contributed by atoms with Crippen molar-refractivity contribution < 1.29 is 4.79 Å². The predicted octanol–water partition coefficient (Wildman–Crippen LogP) is 6.37. The van der Waals surface area contributed by atoms with E-state index in [0.29, 0.717) is 17.0 Å². The number of para-hydroxylation sites is 2. The van der Waals surface area contributed by atoms with E-state index in [1.165, 1.54) is 23.1 Å². The van der Waals surface area contributed by atoms with Gasteiger partial charge in [0.25, 0.3) is 0 Å². The molecule has 0 saturated carbocycles. The fourth-order valence-electron chi connectivity index (χ4n) is 3.70. The van der Waals surface area contributed by atoms with Gasteiger partial charge in [0, 0.05) is 21.8 Å². The summed E-state index contributed by atoms with van der Waals surface area (Å²) in [7, 11) is 0. The van der Waals surface area contributed by atoms with Crippen LogP contribution in [-0.4, -0.2) is 16.1 Å². The minimum absolute atomic E-state index is 0.0441. The highest BCUT2D eigenvalue weighted by Crippen LogP contribution is 2.40. The standard InChI is InChI=1S/C27H21N5OS2/c1-2-22(27(33)32(18-10-5-3-6-11-18)19-12-7-4-8-13-19)35-26-21(17-29)24(23-14-9-15-34-23)20(16-28)25(30)31-26/h3-15,22H,2H2,1H3,(H2,30,31). The van der Waals surface area contributed by atoms with E-state index >= 15 is 0 Å². The zero-order valence-corrected chi connectivity index (χ0v) is 20.5. The van der Waals surface area contributed by atoms with Gasteiger partial charge in [-0.3, -0.25) is 9.69 Å². The second-order valence-electron chi connectivity index (χ2n) is 7.49. The highest BCUT2D eigenvalue weighted by Gasteiger charge is 2.30. The minimum Gasteiger partial charge on any atom is -0.383 e. The fraction of sp³-hybridized carbons (Fsp3) is 0.111. The first-order valence-electron chi connectivity index (χ1n) is 10.9. The maximum atomic E-state index is 13.9. The van der Waals surface area contributed by atoms with Crippen LogP contribution in [0.25, 0.3) is 10.4 Å². The van der Waals surface area contributed by atoms with Gasteiger partial charge in [-0.2, -0.15) is 10.5 Å². The third-order valence-electron chi connectivity index (χ3n) is 5.33. The molecule has 0 spiro atoms. The number of rotatable bonds is 7. The first-order chi connectivity index (χ1) is 17.1. The Hall–Kier alpha value is -4.11. The van der Waals surface area contributed by atoms with Crippen molar-refractivity contribution in [1.82, 2.24) is 4.98 Å². The van der Waals surface area contributed by atoms with Crippen molar-refractivity contribution in [1.29, 1.82) is 10.5 Å². The monoisotopic (exact) mass is 495 g/mol. The number of benzene rings is 2. The molecule has 4 aromatic rings. The second-order valence-corrected chi connectivity index (χ2v) is 9.63. The number of carbonyl (C=O) groups excluding carboxylic acids is 1. The molecule has 2 N–H and O–H groups in total. The number of hydrogen-bond acceptors (Lipinski definition) is 7. The molecule has 0 bridgehead atoms. The van der Waals surface area contributed by atoms with Crippen molar-refractivity contribution in [2.45, 2.75) is 23.6 Å². The molecule has 0 aliphatic carbocycles. The molecule has 1 unspecified atom stereocenters. The lowest BCUT2D eigenvalue weighted by molar-refractivity contribution is -0.117. The van der Waals surface area contributed by atoms with Gasteiger partial charge in [-0.1, -0.05) is 61.2 Å². The summed E-state index contributed by atoms with van der Waals surface area (Å²) in [5.74, 6) is -0.0936. The molecule has 1 atom stereocenters. The molecule has 0 saturated heterocycles. The van der Waals surface area contributed by atoms with Gasteiger partial charge < -0.3 is 5.73 Å². The maximum Gasteiger partial charge on any atom is 0.245 e. The summed E-state index contributed by atoms with van der Waals surface area (Å²) in [6.07, 6.45) is 0.500. The van der Waals surface area contributed by atoms with Crippen molar-refractivity contribution in [3.63, 3.8) is 0 Å². The van der Waals surface area contributed by atoms with Gasteiger partial charge in [0.1, 0.15) is 28.5 Å². The van der Waals surface area contributed by atoms with Gasteiger partial charge in [0.05, 0.1) is 10.8 Å². The number of nitrogens with zero attached hydrogens (tertiary/aromatic N) is 4. The van der Waals surface area contributed by atoms with Gasteiger partial charge >= 0.3 is 0 Å². The lowest BCUT2D eigenvalue weighted by atomic mass is 10.0. The molecule has 35 heavy (non-hydrogen) atoms. The summed E-state index contributed by atoms with van der Waals surface area (Å²) in [6, 6.07) is 26.9. The Morgan fingerprint density at radius 1 is 1.00 bits per heavy atom. The molecule has 0 radical (unpaired) electrons. The molecule has 0 aliphatic heterocycles. The fourth-order valence-corrected chi connectivity index (χ4v) is 5.54. The van der Waals surface area contributed by atoms with Crippen LogP contribution in [0.15, 0.2) is 83.2 Å². The van der Waals surface area contributed by atoms with Crippen LogP contribution in [0.5, 0.6) is 0 Å². The van der Waals surface area contributed by atoms with E-state index < -0.39 is 5.25 Å². The van der Waals surface area contributed by atoms with Gasteiger partial charge in [-0.15, -0.1) is 11.3 Å². The van der Waals surface area contributed by atoms with Gasteiger partial charge in [-0.05, 0) is 42.1 Å². The zero-order valence-electron chi connectivity index (χ0n) is 18.9. The Bertz CT molecular complexity index is 1370. The van der Waals surface area contributed by atoms with E-state index in [2.05, 4.69) is 17.1 Å². The molecule has 1 amide bonds. The van der Waals surface area contributed by atoms with Crippen LogP contribution in [-0.2, 0) is 4.79 Å². The Morgan fingerprint density at radius 3 is 2.09 bits per heavy atom. The van der Waals surface area contributed by atoms with Crippen LogP contribution in [0.3, 0.4) is 0 Å². The molecule has 2 aromatic carbocycles. The van der Waals surface area contributed by atoms with E-state index in [4.69, 9.17) is 5.73 Å². The maximum absolute atomic E-state index is 13.9. The number of anilines is 3. The second kappa shape index (κ2) is 10.9. The molecule has 8 heteroatoms. The first-order valence-corrected chi connectivity index (χ1v) is 12.6. The lowest BCUT2D eigenvalue weighted by Gasteiger charge is -2.27. The van der Waals surface area contributed by atoms with Crippen molar-refractivity contribution >= 4 is 46.2 Å². The number of hydrogen-bond donors (Lipinski definition) is 1. The molecular weight excluding hydrogens is 474 g/mol. The van der Waals surface area contributed by atoms with Crippen LogP contribution in [0.2, 0.25) is 0 Å². The topological polar surface area (TPSA) is 107 Å². The number of pyridine rings is 1. The van der Waals surface area contributed by atoms with Crippen molar-refractivity contribution in [2.24, 2.45) is 0 Å². The Labute approximate surface area is 212 Å². The SMILES string of the molecule is CCC(Sc1nc(N)c(C#N)c(-c2cccs2)c1C#N)C(=O)N(c1ccccc1)c1ccccc1. The number of nitrogen functional groups attached to an aromatic ring is 1. The van der Waals surface area contributed by atoms with Crippen molar-refractivity contribution in [3.05, 3.63) is 89.3 Å². The van der Waals surface area contributed by atoms with Crippen LogP contribution in [0, 0.1) is 22.7 Å². The molecule has 0 aliphatic rings.